The maximum atomic E-state index is 14.3. The van der Waals surface area contributed by atoms with Gasteiger partial charge in [-0.25, -0.2) is 8.78 Å². The molecule has 0 bridgehead atoms. The number of phenolic OH excluding ortho intramolecular Hbond substituents is 1. The topological polar surface area (TPSA) is 53.0 Å². The van der Waals surface area contributed by atoms with Crippen LogP contribution in [0.4, 0.5) is 8.78 Å². The molecule has 7 heteroatoms. The zero-order valence-corrected chi connectivity index (χ0v) is 17.5. The zero-order valence-electron chi connectivity index (χ0n) is 17.5. The number of carbonyl (C=O) groups is 1. The molecule has 0 aromatic heterocycles. The monoisotopic (exact) mass is 436 g/mol. The summed E-state index contributed by atoms with van der Waals surface area (Å²) in [5.74, 6) is -0.855. The van der Waals surface area contributed by atoms with Gasteiger partial charge in [0, 0.05) is 43.9 Å². The van der Waals surface area contributed by atoms with Crippen LogP contribution in [0.3, 0.4) is 0 Å². The minimum atomic E-state index is -0.672. The van der Waals surface area contributed by atoms with Gasteiger partial charge in [0.1, 0.15) is 29.2 Å². The molecular weight excluding hydrogens is 414 g/mol. The molecule has 1 N–H and O–H groups in total. The molecule has 2 aliphatic heterocycles. The Hall–Kier alpha value is -3.45. The van der Waals surface area contributed by atoms with E-state index in [-0.39, 0.29) is 29.4 Å². The number of amides is 1. The summed E-state index contributed by atoms with van der Waals surface area (Å²) in [6.45, 7) is 1.72. The summed E-state index contributed by atoms with van der Waals surface area (Å²) in [6, 6.07) is 15.4. The number of benzene rings is 3. The summed E-state index contributed by atoms with van der Waals surface area (Å²) in [5, 5.41) is 10.1. The highest BCUT2D eigenvalue weighted by atomic mass is 19.1. The van der Waals surface area contributed by atoms with Gasteiger partial charge in [-0.2, -0.15) is 0 Å². The Kier molecular flexibility index (Phi) is 5.06. The fourth-order valence-electron chi connectivity index (χ4n) is 4.53. The minimum Gasteiger partial charge on any atom is -0.508 e. The van der Waals surface area contributed by atoms with Crippen LogP contribution in [0.1, 0.15) is 15.9 Å². The Morgan fingerprint density at radius 3 is 2.59 bits per heavy atom. The number of hydrogen-bond donors (Lipinski definition) is 1. The molecule has 3 aromatic carbocycles. The van der Waals surface area contributed by atoms with Crippen molar-refractivity contribution in [1.82, 2.24) is 9.80 Å². The predicted octanol–water partition coefficient (Wildman–Crippen LogP) is 4.05. The van der Waals surface area contributed by atoms with E-state index in [1.807, 2.05) is 12.1 Å². The van der Waals surface area contributed by atoms with Gasteiger partial charge in [-0.05, 0) is 35.9 Å². The van der Waals surface area contributed by atoms with Gasteiger partial charge in [-0.3, -0.25) is 9.69 Å². The van der Waals surface area contributed by atoms with Gasteiger partial charge >= 0.3 is 0 Å². The zero-order chi connectivity index (χ0) is 22.4. The summed E-state index contributed by atoms with van der Waals surface area (Å²) in [7, 11) is 1.76. The molecule has 2 heterocycles. The molecule has 164 valence electrons. The number of likely N-dealkylation sites (tertiary alicyclic amines) is 1. The van der Waals surface area contributed by atoms with Gasteiger partial charge in [-0.15, -0.1) is 0 Å². The van der Waals surface area contributed by atoms with Crippen molar-refractivity contribution in [3.8, 4) is 22.6 Å². The molecule has 1 saturated heterocycles. The van der Waals surface area contributed by atoms with Crippen LogP contribution in [0.15, 0.2) is 60.7 Å². The smallest absolute Gasteiger partial charge is 0.257 e. The van der Waals surface area contributed by atoms with Crippen molar-refractivity contribution in [3.63, 3.8) is 0 Å². The van der Waals surface area contributed by atoms with Crippen LogP contribution in [0, 0.1) is 11.6 Å². The average molecular weight is 436 g/mol. The van der Waals surface area contributed by atoms with E-state index < -0.39 is 11.6 Å². The molecule has 0 spiro atoms. The first-order valence-electron chi connectivity index (χ1n) is 10.4. The van der Waals surface area contributed by atoms with E-state index in [4.69, 9.17) is 4.74 Å². The van der Waals surface area contributed by atoms with Crippen LogP contribution in [-0.2, 0) is 6.54 Å². The quantitative estimate of drug-likeness (QED) is 0.673. The highest BCUT2D eigenvalue weighted by molar-refractivity contribution is 5.98. The van der Waals surface area contributed by atoms with Gasteiger partial charge in [0.2, 0.25) is 0 Å². The first-order chi connectivity index (χ1) is 15.4. The number of nitrogens with zero attached hydrogens (tertiary/aromatic N) is 2. The number of fused-ring (bicyclic) bond motifs is 2. The van der Waals surface area contributed by atoms with Crippen molar-refractivity contribution >= 4 is 5.91 Å². The van der Waals surface area contributed by atoms with Crippen LogP contribution in [0.2, 0.25) is 0 Å². The number of halogens is 2. The molecule has 32 heavy (non-hydrogen) atoms. The van der Waals surface area contributed by atoms with E-state index in [2.05, 4.69) is 4.90 Å². The Bertz CT molecular complexity index is 1200. The summed E-state index contributed by atoms with van der Waals surface area (Å²) < 4.78 is 33.9. The van der Waals surface area contributed by atoms with Gasteiger partial charge in [0.15, 0.2) is 0 Å². The molecule has 0 aliphatic carbocycles. The average Bonchev–Trinajstić information content (AvgIpc) is 3.12. The molecular formula is C25H22F2N2O3. The van der Waals surface area contributed by atoms with E-state index in [1.54, 1.807) is 42.3 Å². The van der Waals surface area contributed by atoms with Crippen LogP contribution in [0.25, 0.3) is 11.1 Å². The maximum absolute atomic E-state index is 14.3. The summed E-state index contributed by atoms with van der Waals surface area (Å²) in [5.41, 5.74) is 1.99. The fraction of sp³-hybridized carbons (Fsp3) is 0.240. The summed E-state index contributed by atoms with van der Waals surface area (Å²) in [4.78, 5) is 17.0. The molecule has 1 amide bonds. The van der Waals surface area contributed by atoms with Crippen molar-refractivity contribution in [2.75, 3.05) is 20.1 Å². The SMILES string of the molecule is CN1C(=O)c2ccc(-c3ccc(F)cc3F)cc2OC2CN(Cc3ccccc3O)CC21. The third kappa shape index (κ3) is 3.58. The number of rotatable bonds is 3. The van der Waals surface area contributed by atoms with E-state index in [0.717, 1.165) is 11.6 Å². The van der Waals surface area contributed by atoms with Crippen molar-refractivity contribution < 1.29 is 23.4 Å². The number of carbonyl (C=O) groups excluding carboxylic acids is 1. The Balaban J connectivity index is 1.44. The first kappa shape index (κ1) is 20.5. The molecule has 3 aromatic rings. The highest BCUT2D eigenvalue weighted by Gasteiger charge is 2.42. The summed E-state index contributed by atoms with van der Waals surface area (Å²) >= 11 is 0. The lowest BCUT2D eigenvalue weighted by Gasteiger charge is -2.25. The van der Waals surface area contributed by atoms with Crippen LogP contribution >= 0.6 is 0 Å². The van der Waals surface area contributed by atoms with Gasteiger partial charge in [0.25, 0.3) is 5.91 Å². The van der Waals surface area contributed by atoms with Crippen LogP contribution < -0.4 is 4.74 Å². The van der Waals surface area contributed by atoms with E-state index in [0.29, 0.717) is 36.5 Å². The number of ether oxygens (including phenoxy) is 1. The Morgan fingerprint density at radius 1 is 1.03 bits per heavy atom. The minimum absolute atomic E-state index is 0.160. The number of para-hydroxylation sites is 1. The van der Waals surface area contributed by atoms with Gasteiger partial charge < -0.3 is 14.7 Å². The molecule has 5 rings (SSSR count). The lowest BCUT2D eigenvalue weighted by atomic mass is 10.0. The van der Waals surface area contributed by atoms with E-state index in [1.165, 1.54) is 12.1 Å². The molecule has 0 radical (unpaired) electrons. The largest absolute Gasteiger partial charge is 0.508 e. The third-order valence-corrected chi connectivity index (χ3v) is 6.25. The number of phenols is 1. The highest BCUT2D eigenvalue weighted by Crippen LogP contribution is 2.35. The van der Waals surface area contributed by atoms with Crippen molar-refractivity contribution in [3.05, 3.63) is 83.4 Å². The lowest BCUT2D eigenvalue weighted by Crippen LogP contribution is -2.44. The second kappa shape index (κ2) is 7.91. The van der Waals surface area contributed by atoms with Gasteiger partial charge in [-0.1, -0.05) is 24.3 Å². The lowest BCUT2D eigenvalue weighted by molar-refractivity contribution is 0.0682. The summed E-state index contributed by atoms with van der Waals surface area (Å²) in [6.07, 6.45) is -0.274. The van der Waals surface area contributed by atoms with E-state index in [9.17, 15) is 18.7 Å². The van der Waals surface area contributed by atoms with Crippen molar-refractivity contribution in [1.29, 1.82) is 0 Å². The fourth-order valence-corrected chi connectivity index (χ4v) is 4.53. The predicted molar refractivity (Wildman–Crippen MR) is 115 cm³/mol. The van der Waals surface area contributed by atoms with Gasteiger partial charge in [0.05, 0.1) is 11.6 Å². The van der Waals surface area contributed by atoms with Crippen molar-refractivity contribution in [2.24, 2.45) is 0 Å². The number of likely N-dealkylation sites (N-methyl/N-ethyl adjacent to an activating group) is 1. The second-order valence-corrected chi connectivity index (χ2v) is 8.30. The Labute approximate surface area is 184 Å². The normalized spacial score (nSPS) is 20.5. The molecule has 2 unspecified atom stereocenters. The molecule has 0 saturated carbocycles. The standard InChI is InChI=1S/C25H22F2N2O3/c1-28-21-13-29(12-16-4-2-3-5-22(16)30)14-24(21)32-23-10-15(6-8-19(23)25(28)31)18-9-7-17(26)11-20(18)27/h2-11,21,24,30H,12-14H2,1H3. The molecule has 1 fully saturated rings. The third-order valence-electron chi connectivity index (χ3n) is 6.25. The molecule has 2 aliphatic rings. The first-order valence-corrected chi connectivity index (χ1v) is 10.4. The van der Waals surface area contributed by atoms with Crippen LogP contribution in [-0.4, -0.2) is 53.1 Å². The number of hydrogen-bond acceptors (Lipinski definition) is 4. The maximum Gasteiger partial charge on any atom is 0.257 e. The van der Waals surface area contributed by atoms with Crippen LogP contribution in [0.5, 0.6) is 11.5 Å². The Morgan fingerprint density at radius 2 is 1.81 bits per heavy atom. The van der Waals surface area contributed by atoms with Crippen molar-refractivity contribution in [2.45, 2.75) is 18.7 Å². The molecule has 5 nitrogen and oxygen atoms in total. The second-order valence-electron chi connectivity index (χ2n) is 8.30. The number of aromatic hydroxyl groups is 1. The van der Waals surface area contributed by atoms with E-state index >= 15 is 0 Å². The molecule has 2 atom stereocenters.